The second-order valence-electron chi connectivity index (χ2n) is 3.13. The summed E-state index contributed by atoms with van der Waals surface area (Å²) in [6.07, 6.45) is -1.31. The Balaban J connectivity index is 0.00000225. The number of esters is 1. The first-order chi connectivity index (χ1) is 7.16. The van der Waals surface area contributed by atoms with Gasteiger partial charge in [-0.15, -0.1) is 12.4 Å². The first-order valence-corrected chi connectivity index (χ1v) is 4.82. The highest BCUT2D eigenvalue weighted by atomic mass is 35.5. The average molecular weight is 246 g/mol. The number of rotatable bonds is 4. The van der Waals surface area contributed by atoms with E-state index in [0.717, 1.165) is 0 Å². The highest BCUT2D eigenvalue weighted by molar-refractivity contribution is 5.85. The molecule has 1 rings (SSSR count). The van der Waals surface area contributed by atoms with Gasteiger partial charge in [0.2, 0.25) is 0 Å². The highest BCUT2D eigenvalue weighted by Gasteiger charge is 2.25. The number of aliphatic hydroxyl groups excluding tert-OH is 1. The topological polar surface area (TPSA) is 72.5 Å². The standard InChI is InChI=1S/C11H15NO3.ClH/c1-2-15-11(14)10(13)9(12)8-6-4-3-5-7-8;/h3-7,9-10,13H,2,12H2,1H3;1H. The Hall–Kier alpha value is -1.10. The fourth-order valence-corrected chi connectivity index (χ4v) is 1.23. The van der Waals surface area contributed by atoms with Crippen molar-refractivity contribution >= 4 is 18.4 Å². The van der Waals surface area contributed by atoms with Gasteiger partial charge in [-0.25, -0.2) is 4.79 Å². The van der Waals surface area contributed by atoms with E-state index in [9.17, 15) is 9.90 Å². The van der Waals surface area contributed by atoms with Crippen molar-refractivity contribution in [1.82, 2.24) is 0 Å². The Morgan fingerprint density at radius 1 is 1.44 bits per heavy atom. The van der Waals surface area contributed by atoms with Crippen LogP contribution < -0.4 is 5.73 Å². The van der Waals surface area contributed by atoms with E-state index in [1.807, 2.05) is 6.07 Å². The van der Waals surface area contributed by atoms with Crippen LogP contribution in [0.25, 0.3) is 0 Å². The molecule has 0 bridgehead atoms. The van der Waals surface area contributed by atoms with Crippen LogP contribution in [0.5, 0.6) is 0 Å². The van der Waals surface area contributed by atoms with Crippen molar-refractivity contribution in [3.63, 3.8) is 0 Å². The number of halogens is 1. The summed E-state index contributed by atoms with van der Waals surface area (Å²) < 4.78 is 4.68. The predicted octanol–water partition coefficient (Wildman–Crippen LogP) is 1.03. The monoisotopic (exact) mass is 245 g/mol. The number of carbonyl (C=O) groups is 1. The Kier molecular flexibility index (Phi) is 6.72. The van der Waals surface area contributed by atoms with Crippen LogP contribution in [0.2, 0.25) is 0 Å². The summed E-state index contributed by atoms with van der Waals surface area (Å²) in [6.45, 7) is 1.91. The molecule has 3 N–H and O–H groups in total. The van der Waals surface area contributed by atoms with E-state index in [1.54, 1.807) is 31.2 Å². The maximum atomic E-state index is 11.2. The largest absolute Gasteiger partial charge is 0.464 e. The lowest BCUT2D eigenvalue weighted by Gasteiger charge is -2.17. The zero-order valence-electron chi connectivity index (χ0n) is 9.00. The first kappa shape index (κ1) is 14.9. The van der Waals surface area contributed by atoms with Gasteiger partial charge in [-0.1, -0.05) is 30.3 Å². The quantitative estimate of drug-likeness (QED) is 0.778. The van der Waals surface area contributed by atoms with E-state index in [1.165, 1.54) is 0 Å². The third kappa shape index (κ3) is 3.81. The van der Waals surface area contributed by atoms with Crippen LogP contribution in [-0.2, 0) is 9.53 Å². The van der Waals surface area contributed by atoms with Crippen molar-refractivity contribution < 1.29 is 14.6 Å². The van der Waals surface area contributed by atoms with Gasteiger partial charge in [-0.05, 0) is 12.5 Å². The van der Waals surface area contributed by atoms with Gasteiger partial charge in [-0.3, -0.25) is 0 Å². The first-order valence-electron chi connectivity index (χ1n) is 4.82. The zero-order valence-corrected chi connectivity index (χ0v) is 9.81. The summed E-state index contributed by atoms with van der Waals surface area (Å²) in [5.74, 6) is -0.686. The molecule has 0 radical (unpaired) electrons. The molecule has 1 aromatic carbocycles. The van der Waals surface area contributed by atoms with Crippen LogP contribution >= 0.6 is 12.4 Å². The molecule has 2 atom stereocenters. The molecule has 0 saturated heterocycles. The summed E-state index contributed by atoms with van der Waals surface area (Å²) in [5.41, 5.74) is 6.43. The normalized spacial score (nSPS) is 13.4. The minimum Gasteiger partial charge on any atom is -0.464 e. The summed E-state index contributed by atoms with van der Waals surface area (Å²) in [5, 5.41) is 9.57. The Labute approximate surface area is 101 Å². The molecule has 0 aliphatic carbocycles. The molecule has 0 aliphatic rings. The molecule has 5 heteroatoms. The summed E-state index contributed by atoms with van der Waals surface area (Å²) in [7, 11) is 0. The van der Waals surface area contributed by atoms with E-state index < -0.39 is 18.1 Å². The second-order valence-corrected chi connectivity index (χ2v) is 3.13. The molecule has 0 amide bonds. The molecule has 0 aromatic heterocycles. The fourth-order valence-electron chi connectivity index (χ4n) is 1.23. The molecule has 0 fully saturated rings. The molecule has 2 unspecified atom stereocenters. The van der Waals surface area contributed by atoms with E-state index >= 15 is 0 Å². The number of hydrogen-bond acceptors (Lipinski definition) is 4. The van der Waals surface area contributed by atoms with E-state index in [4.69, 9.17) is 5.73 Å². The smallest absolute Gasteiger partial charge is 0.336 e. The van der Waals surface area contributed by atoms with E-state index in [-0.39, 0.29) is 19.0 Å². The Morgan fingerprint density at radius 3 is 2.50 bits per heavy atom. The SMILES string of the molecule is CCOC(=O)C(O)C(N)c1ccccc1.Cl. The van der Waals surface area contributed by atoms with Gasteiger partial charge >= 0.3 is 5.97 Å². The van der Waals surface area contributed by atoms with Crippen molar-refractivity contribution in [2.75, 3.05) is 6.61 Å². The van der Waals surface area contributed by atoms with Gasteiger partial charge in [0, 0.05) is 0 Å². The van der Waals surface area contributed by atoms with Crippen LogP contribution in [0.3, 0.4) is 0 Å². The maximum Gasteiger partial charge on any atom is 0.336 e. The summed E-state index contributed by atoms with van der Waals surface area (Å²) in [4.78, 5) is 11.2. The zero-order chi connectivity index (χ0) is 11.3. The van der Waals surface area contributed by atoms with Crippen LogP contribution in [-0.4, -0.2) is 23.8 Å². The molecule has 0 spiro atoms. The van der Waals surface area contributed by atoms with Gasteiger partial charge < -0.3 is 15.6 Å². The minimum absolute atomic E-state index is 0. The van der Waals surface area contributed by atoms with Crippen molar-refractivity contribution in [3.8, 4) is 0 Å². The molecule has 0 aliphatic heterocycles. The lowest BCUT2D eigenvalue weighted by molar-refractivity contribution is -0.154. The van der Waals surface area contributed by atoms with E-state index in [0.29, 0.717) is 5.56 Å². The number of ether oxygens (including phenoxy) is 1. The van der Waals surface area contributed by atoms with Gasteiger partial charge in [0.05, 0.1) is 12.6 Å². The van der Waals surface area contributed by atoms with Gasteiger partial charge in [0.15, 0.2) is 6.10 Å². The molecular formula is C11H16ClNO3. The van der Waals surface area contributed by atoms with Crippen molar-refractivity contribution in [1.29, 1.82) is 0 Å². The van der Waals surface area contributed by atoms with Crippen molar-refractivity contribution in [3.05, 3.63) is 35.9 Å². The van der Waals surface area contributed by atoms with Gasteiger partial charge in [0.25, 0.3) is 0 Å². The Bertz CT molecular complexity index is 318. The summed E-state index contributed by atoms with van der Waals surface area (Å²) >= 11 is 0. The van der Waals surface area contributed by atoms with Crippen LogP contribution in [0.15, 0.2) is 30.3 Å². The third-order valence-electron chi connectivity index (χ3n) is 2.05. The van der Waals surface area contributed by atoms with Crippen molar-refractivity contribution in [2.24, 2.45) is 5.73 Å². The van der Waals surface area contributed by atoms with Gasteiger partial charge in [0.1, 0.15) is 0 Å². The lowest BCUT2D eigenvalue weighted by Crippen LogP contribution is -2.34. The highest BCUT2D eigenvalue weighted by Crippen LogP contribution is 2.14. The van der Waals surface area contributed by atoms with Crippen molar-refractivity contribution in [2.45, 2.75) is 19.1 Å². The second kappa shape index (κ2) is 7.22. The number of hydrogen-bond donors (Lipinski definition) is 2. The molecule has 4 nitrogen and oxygen atoms in total. The van der Waals surface area contributed by atoms with Crippen LogP contribution in [0, 0.1) is 0 Å². The van der Waals surface area contributed by atoms with E-state index in [2.05, 4.69) is 4.74 Å². The molecule has 16 heavy (non-hydrogen) atoms. The number of benzene rings is 1. The fraction of sp³-hybridized carbons (Fsp3) is 0.364. The van der Waals surface area contributed by atoms with Gasteiger partial charge in [-0.2, -0.15) is 0 Å². The number of nitrogens with two attached hydrogens (primary N) is 1. The molecular weight excluding hydrogens is 230 g/mol. The predicted molar refractivity (Wildman–Crippen MR) is 63.3 cm³/mol. The van der Waals surface area contributed by atoms with Crippen LogP contribution in [0.4, 0.5) is 0 Å². The number of carbonyl (C=O) groups excluding carboxylic acids is 1. The van der Waals surface area contributed by atoms with Crippen LogP contribution in [0.1, 0.15) is 18.5 Å². The number of aliphatic hydroxyl groups is 1. The molecule has 90 valence electrons. The third-order valence-corrected chi connectivity index (χ3v) is 2.05. The molecule has 0 saturated carbocycles. The molecule has 0 heterocycles. The molecule has 1 aromatic rings. The Morgan fingerprint density at radius 2 is 2.00 bits per heavy atom. The lowest BCUT2D eigenvalue weighted by atomic mass is 10.0. The minimum atomic E-state index is -1.31. The summed E-state index contributed by atoms with van der Waals surface area (Å²) in [6, 6.07) is 8.21. The average Bonchev–Trinajstić information content (AvgIpc) is 2.28. The maximum absolute atomic E-state index is 11.2.